The number of anilines is 1. The zero-order valence-electron chi connectivity index (χ0n) is 15.5. The number of carbonyl (C=O) groups is 1. The average Bonchev–Trinajstić information content (AvgIpc) is 3.16. The summed E-state index contributed by atoms with van der Waals surface area (Å²) in [7, 11) is 3.83. The first kappa shape index (κ1) is 17.3. The van der Waals surface area contributed by atoms with Crippen LogP contribution in [0, 0.1) is 0 Å². The van der Waals surface area contributed by atoms with Crippen LogP contribution in [0.5, 0.6) is 5.88 Å². The molecular formula is C21H22N4O2. The van der Waals surface area contributed by atoms with E-state index in [4.69, 9.17) is 4.74 Å². The van der Waals surface area contributed by atoms with E-state index in [9.17, 15) is 4.79 Å². The van der Waals surface area contributed by atoms with Crippen molar-refractivity contribution >= 4 is 22.5 Å². The Hall–Kier alpha value is -3.15. The molecule has 1 aliphatic rings. The molecule has 6 heteroatoms. The fourth-order valence-electron chi connectivity index (χ4n) is 3.30. The molecule has 0 saturated carbocycles. The molecule has 6 nitrogen and oxygen atoms in total. The van der Waals surface area contributed by atoms with Crippen molar-refractivity contribution in [2.24, 2.45) is 0 Å². The zero-order valence-corrected chi connectivity index (χ0v) is 15.5. The first-order valence-corrected chi connectivity index (χ1v) is 9.06. The Labute approximate surface area is 158 Å². The predicted octanol–water partition coefficient (Wildman–Crippen LogP) is 2.99. The molecule has 27 heavy (non-hydrogen) atoms. The maximum atomic E-state index is 12.8. The number of aromatic nitrogens is 2. The highest BCUT2D eigenvalue weighted by Crippen LogP contribution is 2.21. The van der Waals surface area contributed by atoms with Gasteiger partial charge in [-0.15, -0.1) is 10.2 Å². The maximum absolute atomic E-state index is 12.8. The summed E-state index contributed by atoms with van der Waals surface area (Å²) >= 11 is 0. The van der Waals surface area contributed by atoms with Gasteiger partial charge in [-0.2, -0.15) is 0 Å². The van der Waals surface area contributed by atoms with Gasteiger partial charge in [-0.05, 0) is 29.0 Å². The van der Waals surface area contributed by atoms with Crippen molar-refractivity contribution in [2.75, 3.05) is 32.1 Å². The molecule has 0 aliphatic carbocycles. The van der Waals surface area contributed by atoms with Gasteiger partial charge in [0.2, 0.25) is 5.88 Å². The first-order chi connectivity index (χ1) is 13.1. The highest BCUT2D eigenvalue weighted by molar-refractivity contribution is 5.98. The molecule has 3 aromatic rings. The number of carbonyl (C=O) groups excluding carboxylic acids is 1. The Morgan fingerprint density at radius 3 is 2.63 bits per heavy atom. The van der Waals surface area contributed by atoms with Gasteiger partial charge in [0, 0.05) is 38.7 Å². The van der Waals surface area contributed by atoms with Crippen LogP contribution in [0.3, 0.4) is 0 Å². The van der Waals surface area contributed by atoms with E-state index in [2.05, 4.69) is 10.2 Å². The van der Waals surface area contributed by atoms with Crippen LogP contribution in [0.4, 0.5) is 5.82 Å². The van der Waals surface area contributed by atoms with Gasteiger partial charge in [0.15, 0.2) is 5.82 Å². The fourth-order valence-corrected chi connectivity index (χ4v) is 3.30. The van der Waals surface area contributed by atoms with Gasteiger partial charge >= 0.3 is 0 Å². The second-order valence-corrected chi connectivity index (χ2v) is 6.97. The maximum Gasteiger partial charge on any atom is 0.254 e. The molecule has 138 valence electrons. The molecule has 1 saturated heterocycles. The highest BCUT2D eigenvalue weighted by Gasteiger charge is 2.28. The van der Waals surface area contributed by atoms with Gasteiger partial charge in [-0.3, -0.25) is 4.79 Å². The summed E-state index contributed by atoms with van der Waals surface area (Å²) < 4.78 is 5.91. The summed E-state index contributed by atoms with van der Waals surface area (Å²) in [6.07, 6.45) is 0.727. The summed E-state index contributed by atoms with van der Waals surface area (Å²) in [4.78, 5) is 16.6. The van der Waals surface area contributed by atoms with Crippen molar-refractivity contribution in [1.82, 2.24) is 15.1 Å². The van der Waals surface area contributed by atoms with Crippen LogP contribution < -0.4 is 9.64 Å². The number of fused-ring (bicyclic) bond motifs is 1. The smallest absolute Gasteiger partial charge is 0.254 e. The Morgan fingerprint density at radius 2 is 1.89 bits per heavy atom. The van der Waals surface area contributed by atoms with Crippen LogP contribution >= 0.6 is 0 Å². The third kappa shape index (κ3) is 3.69. The van der Waals surface area contributed by atoms with E-state index in [-0.39, 0.29) is 12.0 Å². The Balaban J connectivity index is 1.41. The topological polar surface area (TPSA) is 58.6 Å². The molecule has 2 aromatic carbocycles. The lowest BCUT2D eigenvalue weighted by Gasteiger charge is -2.17. The molecule has 0 radical (unpaired) electrons. The van der Waals surface area contributed by atoms with Crippen molar-refractivity contribution in [3.8, 4) is 5.88 Å². The summed E-state index contributed by atoms with van der Waals surface area (Å²) in [5.74, 6) is 1.31. The quantitative estimate of drug-likeness (QED) is 0.714. The molecule has 0 bridgehead atoms. The SMILES string of the molecule is CN(C)c1ccc(OC2CCN(C(=O)c3ccc4ccccc4c3)C2)nn1. The van der Waals surface area contributed by atoms with E-state index in [0.717, 1.165) is 23.0 Å². The third-order valence-electron chi connectivity index (χ3n) is 4.80. The minimum absolute atomic E-state index is 0.0425. The minimum atomic E-state index is -0.0612. The van der Waals surface area contributed by atoms with Crippen LogP contribution in [0.2, 0.25) is 0 Å². The molecule has 0 spiro atoms. The molecule has 0 N–H and O–H groups in total. The summed E-state index contributed by atoms with van der Waals surface area (Å²) in [6, 6.07) is 17.6. The third-order valence-corrected chi connectivity index (χ3v) is 4.80. The summed E-state index contributed by atoms with van der Waals surface area (Å²) in [5, 5.41) is 10.4. The van der Waals surface area contributed by atoms with Crippen molar-refractivity contribution in [3.63, 3.8) is 0 Å². The van der Waals surface area contributed by atoms with Crippen molar-refractivity contribution < 1.29 is 9.53 Å². The van der Waals surface area contributed by atoms with E-state index in [0.29, 0.717) is 24.5 Å². The lowest BCUT2D eigenvalue weighted by atomic mass is 10.1. The Kier molecular flexibility index (Phi) is 4.62. The molecule has 1 aliphatic heterocycles. The van der Waals surface area contributed by atoms with Crippen LogP contribution in [0.15, 0.2) is 54.6 Å². The number of hydrogen-bond donors (Lipinski definition) is 0. The minimum Gasteiger partial charge on any atom is -0.471 e. The Bertz CT molecular complexity index is 956. The normalized spacial score (nSPS) is 16.5. The molecular weight excluding hydrogens is 340 g/mol. The van der Waals surface area contributed by atoms with E-state index in [1.807, 2.05) is 78.5 Å². The number of benzene rings is 2. The molecule has 1 fully saturated rings. The lowest BCUT2D eigenvalue weighted by molar-refractivity contribution is 0.0771. The highest BCUT2D eigenvalue weighted by atomic mass is 16.5. The van der Waals surface area contributed by atoms with E-state index in [1.54, 1.807) is 0 Å². The van der Waals surface area contributed by atoms with Crippen molar-refractivity contribution in [1.29, 1.82) is 0 Å². The number of rotatable bonds is 4. The van der Waals surface area contributed by atoms with Gasteiger partial charge in [0.05, 0.1) is 6.54 Å². The average molecular weight is 362 g/mol. The van der Waals surface area contributed by atoms with E-state index in [1.165, 1.54) is 0 Å². The summed E-state index contributed by atoms with van der Waals surface area (Å²) in [6.45, 7) is 1.24. The molecule has 1 aromatic heterocycles. The lowest BCUT2D eigenvalue weighted by Crippen LogP contribution is -2.31. The van der Waals surface area contributed by atoms with E-state index >= 15 is 0 Å². The van der Waals surface area contributed by atoms with Crippen LogP contribution in [0.1, 0.15) is 16.8 Å². The largest absolute Gasteiger partial charge is 0.471 e. The van der Waals surface area contributed by atoms with Crippen molar-refractivity contribution in [3.05, 3.63) is 60.2 Å². The van der Waals surface area contributed by atoms with Gasteiger partial charge in [-0.1, -0.05) is 30.3 Å². The standard InChI is InChI=1S/C21H22N4O2/c1-24(2)19-9-10-20(23-22-19)27-18-11-12-25(14-18)21(26)17-8-7-15-5-3-4-6-16(15)13-17/h3-10,13,18H,11-12,14H2,1-2H3. The number of likely N-dealkylation sites (tertiary alicyclic amines) is 1. The monoisotopic (exact) mass is 362 g/mol. The van der Waals surface area contributed by atoms with Gasteiger partial charge in [0.25, 0.3) is 5.91 Å². The van der Waals surface area contributed by atoms with Crippen LogP contribution in [0.25, 0.3) is 10.8 Å². The second-order valence-electron chi connectivity index (χ2n) is 6.97. The molecule has 2 heterocycles. The first-order valence-electron chi connectivity index (χ1n) is 9.06. The van der Waals surface area contributed by atoms with Crippen molar-refractivity contribution in [2.45, 2.75) is 12.5 Å². The molecule has 4 rings (SSSR count). The van der Waals surface area contributed by atoms with E-state index < -0.39 is 0 Å². The van der Waals surface area contributed by atoms with Crippen LogP contribution in [-0.4, -0.2) is 54.3 Å². The number of amides is 1. The van der Waals surface area contributed by atoms with Crippen LogP contribution in [-0.2, 0) is 0 Å². The van der Waals surface area contributed by atoms with Gasteiger partial charge in [-0.25, -0.2) is 0 Å². The number of nitrogens with zero attached hydrogens (tertiary/aromatic N) is 4. The zero-order chi connectivity index (χ0) is 18.8. The molecule has 1 amide bonds. The Morgan fingerprint density at radius 1 is 1.07 bits per heavy atom. The number of hydrogen-bond acceptors (Lipinski definition) is 5. The molecule has 1 unspecified atom stereocenters. The second kappa shape index (κ2) is 7.23. The fraction of sp³-hybridized carbons (Fsp3) is 0.286. The van der Waals surface area contributed by atoms with Gasteiger partial charge < -0.3 is 14.5 Å². The summed E-state index contributed by atoms with van der Waals surface area (Å²) in [5.41, 5.74) is 0.712. The predicted molar refractivity (Wildman–Crippen MR) is 105 cm³/mol. The number of ether oxygens (including phenoxy) is 1. The molecule has 1 atom stereocenters. The van der Waals surface area contributed by atoms with Gasteiger partial charge in [0.1, 0.15) is 6.10 Å².